The molecule has 0 spiro atoms. The van der Waals surface area contributed by atoms with Crippen molar-refractivity contribution >= 4 is 56.5 Å². The van der Waals surface area contributed by atoms with Crippen LogP contribution in [0.15, 0.2) is 0 Å². The van der Waals surface area contributed by atoms with Gasteiger partial charge in [-0.15, -0.1) is 11.6 Å². The molecule has 0 heterocycles. The van der Waals surface area contributed by atoms with Crippen molar-refractivity contribution < 1.29 is 13.0 Å². The van der Waals surface area contributed by atoms with Crippen LogP contribution in [0.5, 0.6) is 0 Å². The zero-order chi connectivity index (χ0) is 10.7. The fraction of sp³-hybridized carbons (Fsp3) is 1.00. The van der Waals surface area contributed by atoms with E-state index in [0.29, 0.717) is 0 Å². The topological polar surface area (TPSA) is 57.2 Å². The summed E-state index contributed by atoms with van der Waals surface area (Å²) in [6, 6.07) is 0. The number of rotatable bonds is 4. The van der Waals surface area contributed by atoms with Crippen molar-refractivity contribution in [1.29, 1.82) is 0 Å². The summed E-state index contributed by atoms with van der Waals surface area (Å²) in [4.78, 5) is 0. The third kappa shape index (κ3) is 8.09. The first-order chi connectivity index (χ1) is 5.63. The lowest BCUT2D eigenvalue weighted by Gasteiger charge is -2.17. The Kier molecular flexibility index (Phi) is 5.67. The second-order valence-electron chi connectivity index (χ2n) is 2.41. The molecule has 0 aromatic rings. The zero-order valence-corrected chi connectivity index (χ0v) is 10.2. The Morgan fingerprint density at radius 2 is 1.77 bits per heavy atom. The molecule has 0 N–H and O–H groups in total. The second kappa shape index (κ2) is 5.24. The smallest absolute Gasteiger partial charge is 0.206 e. The Labute approximate surface area is 97.0 Å². The SMILES string of the molecule is O=S(=O)([O-])CCCC(Cl)C(Cl)(Cl)Cl. The van der Waals surface area contributed by atoms with E-state index in [2.05, 4.69) is 0 Å². The van der Waals surface area contributed by atoms with Crippen LogP contribution >= 0.6 is 46.4 Å². The third-order valence-electron chi connectivity index (χ3n) is 1.21. The summed E-state index contributed by atoms with van der Waals surface area (Å²) in [5.41, 5.74) is 0. The number of alkyl halides is 4. The lowest BCUT2D eigenvalue weighted by atomic mass is 10.3. The summed E-state index contributed by atoms with van der Waals surface area (Å²) in [5, 5.41) is -0.792. The van der Waals surface area contributed by atoms with Gasteiger partial charge in [0.25, 0.3) is 0 Å². The average molecular weight is 289 g/mol. The molecule has 0 fully saturated rings. The van der Waals surface area contributed by atoms with Crippen molar-refractivity contribution in [2.24, 2.45) is 0 Å². The maximum atomic E-state index is 10.2. The molecular weight excluding hydrogens is 282 g/mol. The van der Waals surface area contributed by atoms with E-state index in [1.807, 2.05) is 0 Å². The van der Waals surface area contributed by atoms with Crippen LogP contribution in [-0.2, 0) is 10.1 Å². The van der Waals surface area contributed by atoms with Crippen molar-refractivity contribution in [3.8, 4) is 0 Å². The Hall–Kier alpha value is 1.07. The molecule has 80 valence electrons. The van der Waals surface area contributed by atoms with E-state index in [9.17, 15) is 13.0 Å². The van der Waals surface area contributed by atoms with Crippen LogP contribution in [-0.4, -0.2) is 27.9 Å². The highest BCUT2D eigenvalue weighted by atomic mass is 35.6. The molecule has 8 heteroatoms. The Morgan fingerprint density at radius 1 is 1.31 bits per heavy atom. The maximum absolute atomic E-state index is 10.2. The number of halogens is 4. The summed E-state index contributed by atoms with van der Waals surface area (Å²) in [6.45, 7) is 0. The molecule has 0 radical (unpaired) electrons. The highest BCUT2D eigenvalue weighted by Gasteiger charge is 2.30. The van der Waals surface area contributed by atoms with Crippen LogP contribution < -0.4 is 0 Å². The van der Waals surface area contributed by atoms with E-state index >= 15 is 0 Å². The van der Waals surface area contributed by atoms with Gasteiger partial charge in [-0.1, -0.05) is 34.8 Å². The van der Waals surface area contributed by atoms with Gasteiger partial charge in [0.15, 0.2) is 0 Å². The summed E-state index contributed by atoms with van der Waals surface area (Å²) in [6.07, 6.45) is 0.257. The Bertz CT molecular complexity index is 245. The van der Waals surface area contributed by atoms with Crippen LogP contribution in [0, 0.1) is 0 Å². The molecule has 1 unspecified atom stereocenters. The summed E-state index contributed by atoms with van der Waals surface area (Å²) >= 11 is 21.8. The van der Waals surface area contributed by atoms with Gasteiger partial charge in [0, 0.05) is 5.75 Å². The van der Waals surface area contributed by atoms with Crippen LogP contribution in [0.2, 0.25) is 0 Å². The van der Waals surface area contributed by atoms with Gasteiger partial charge in [-0.25, -0.2) is 8.42 Å². The molecule has 0 bridgehead atoms. The van der Waals surface area contributed by atoms with Gasteiger partial charge in [-0.3, -0.25) is 0 Å². The lowest BCUT2D eigenvalue weighted by molar-refractivity contribution is 0.460. The van der Waals surface area contributed by atoms with E-state index in [1.54, 1.807) is 0 Å². The molecule has 0 rings (SSSR count). The van der Waals surface area contributed by atoms with E-state index in [4.69, 9.17) is 46.4 Å². The molecule has 0 aliphatic carbocycles. The zero-order valence-electron chi connectivity index (χ0n) is 6.34. The Balaban J connectivity index is 3.80. The predicted octanol–water partition coefficient (Wildman–Crippen LogP) is 2.29. The minimum atomic E-state index is -4.20. The first-order valence-electron chi connectivity index (χ1n) is 3.27. The summed E-state index contributed by atoms with van der Waals surface area (Å²) in [5.74, 6) is -0.489. The highest BCUT2D eigenvalue weighted by molar-refractivity contribution is 7.85. The molecule has 3 nitrogen and oxygen atoms in total. The molecular formula is C5H7Cl4O3S-. The van der Waals surface area contributed by atoms with Crippen molar-refractivity contribution in [1.82, 2.24) is 0 Å². The fourth-order valence-electron chi connectivity index (χ4n) is 0.603. The molecule has 13 heavy (non-hydrogen) atoms. The minimum absolute atomic E-state index is 0.0912. The van der Waals surface area contributed by atoms with Gasteiger partial charge in [0.2, 0.25) is 3.79 Å². The molecule has 0 aliphatic rings. The Morgan fingerprint density at radius 3 is 2.08 bits per heavy atom. The van der Waals surface area contributed by atoms with Crippen LogP contribution in [0.1, 0.15) is 12.8 Å². The summed E-state index contributed by atoms with van der Waals surface area (Å²) in [7, 11) is -4.20. The van der Waals surface area contributed by atoms with Gasteiger partial charge in [-0.05, 0) is 12.8 Å². The molecule has 0 aromatic heterocycles. The highest BCUT2D eigenvalue weighted by Crippen LogP contribution is 2.36. The average Bonchev–Trinajstić information content (AvgIpc) is 1.82. The van der Waals surface area contributed by atoms with Crippen molar-refractivity contribution in [2.75, 3.05) is 5.75 Å². The van der Waals surface area contributed by atoms with E-state index in [-0.39, 0.29) is 12.8 Å². The van der Waals surface area contributed by atoms with Crippen LogP contribution in [0.25, 0.3) is 0 Å². The van der Waals surface area contributed by atoms with Gasteiger partial charge < -0.3 is 4.55 Å². The normalized spacial score (nSPS) is 15.8. The first kappa shape index (κ1) is 14.1. The lowest BCUT2D eigenvalue weighted by Crippen LogP contribution is -2.20. The van der Waals surface area contributed by atoms with Gasteiger partial charge in [-0.2, -0.15) is 0 Å². The molecule has 0 amide bonds. The molecule has 0 aliphatic heterocycles. The molecule has 1 atom stereocenters. The van der Waals surface area contributed by atoms with E-state index < -0.39 is 25.0 Å². The number of hydrogen-bond donors (Lipinski definition) is 0. The third-order valence-corrected chi connectivity index (χ3v) is 3.67. The van der Waals surface area contributed by atoms with Crippen LogP contribution in [0.4, 0.5) is 0 Å². The van der Waals surface area contributed by atoms with Gasteiger partial charge in [0.05, 0.1) is 15.5 Å². The maximum Gasteiger partial charge on any atom is 0.206 e. The van der Waals surface area contributed by atoms with E-state index in [0.717, 1.165) is 0 Å². The molecule has 0 saturated carbocycles. The predicted molar refractivity (Wildman–Crippen MR) is 53.7 cm³/mol. The second-order valence-corrected chi connectivity index (χ2v) is 6.83. The van der Waals surface area contributed by atoms with Crippen molar-refractivity contribution in [2.45, 2.75) is 22.0 Å². The first-order valence-corrected chi connectivity index (χ1v) is 6.42. The summed E-state index contributed by atoms with van der Waals surface area (Å²) < 4.78 is 28.9. The largest absolute Gasteiger partial charge is 0.748 e. The minimum Gasteiger partial charge on any atom is -0.748 e. The number of hydrogen-bond acceptors (Lipinski definition) is 3. The quantitative estimate of drug-likeness (QED) is 0.589. The molecule has 0 aromatic carbocycles. The fourth-order valence-corrected chi connectivity index (χ4v) is 1.60. The van der Waals surface area contributed by atoms with Gasteiger partial charge >= 0.3 is 0 Å². The standard InChI is InChI=1S/C5H8Cl4O3S/c6-4(5(7,8)9)2-1-3-13(10,11)12/h4H,1-3H2,(H,10,11,12)/p-1. The van der Waals surface area contributed by atoms with Crippen molar-refractivity contribution in [3.05, 3.63) is 0 Å². The van der Waals surface area contributed by atoms with Crippen molar-refractivity contribution in [3.63, 3.8) is 0 Å². The molecule has 0 saturated heterocycles. The van der Waals surface area contributed by atoms with Gasteiger partial charge in [0.1, 0.15) is 0 Å². The van der Waals surface area contributed by atoms with E-state index in [1.165, 1.54) is 0 Å². The monoisotopic (exact) mass is 287 g/mol. The van der Waals surface area contributed by atoms with Crippen LogP contribution in [0.3, 0.4) is 0 Å².